The number of nitrogens with one attached hydrogen (secondary N) is 1. The fourth-order valence-electron chi connectivity index (χ4n) is 4.58. The number of nitrogens with zero attached hydrogens (tertiary/aromatic N) is 3. The highest BCUT2D eigenvalue weighted by Crippen LogP contribution is 2.46. The van der Waals surface area contributed by atoms with Crippen molar-refractivity contribution < 1.29 is 14.3 Å². The Hall–Kier alpha value is -2.29. The van der Waals surface area contributed by atoms with Gasteiger partial charge in [0.15, 0.2) is 5.17 Å². The Morgan fingerprint density at radius 2 is 2.06 bits per heavy atom. The third-order valence-corrected chi connectivity index (χ3v) is 7.61. The van der Waals surface area contributed by atoms with Gasteiger partial charge in [-0.05, 0) is 50.7 Å². The minimum absolute atomic E-state index is 0.0608. The molecule has 3 heterocycles. The van der Waals surface area contributed by atoms with E-state index in [4.69, 9.17) is 21.3 Å². The van der Waals surface area contributed by atoms with Crippen molar-refractivity contribution in [3.63, 3.8) is 0 Å². The van der Waals surface area contributed by atoms with Crippen molar-refractivity contribution in [2.24, 2.45) is 4.99 Å². The summed E-state index contributed by atoms with van der Waals surface area (Å²) in [5.41, 5.74) is 2.89. The predicted octanol–water partition coefficient (Wildman–Crippen LogP) is 4.47. The summed E-state index contributed by atoms with van der Waals surface area (Å²) in [7, 11) is 0. The number of fused-ring (bicyclic) bond motifs is 1. The quantitative estimate of drug-likeness (QED) is 0.567. The van der Waals surface area contributed by atoms with Gasteiger partial charge in [0.25, 0.3) is 5.91 Å². The van der Waals surface area contributed by atoms with Crippen LogP contribution in [0.1, 0.15) is 51.6 Å². The number of amides is 2. The number of allylic oxidation sites excluding steroid dienone is 1. The maximum absolute atomic E-state index is 13.6. The van der Waals surface area contributed by atoms with Gasteiger partial charge >= 0.3 is 0 Å². The van der Waals surface area contributed by atoms with Crippen molar-refractivity contribution in [3.8, 4) is 0 Å². The molecule has 0 saturated carbocycles. The minimum Gasteiger partial charge on any atom is -0.376 e. The molecule has 1 aromatic carbocycles. The lowest BCUT2D eigenvalue weighted by Gasteiger charge is -2.38. The predicted molar refractivity (Wildman–Crippen MR) is 136 cm³/mol. The minimum atomic E-state index is -0.457. The van der Waals surface area contributed by atoms with E-state index in [0.29, 0.717) is 35.9 Å². The highest BCUT2D eigenvalue weighted by Gasteiger charge is 2.42. The summed E-state index contributed by atoms with van der Waals surface area (Å²) >= 11 is 8.12. The molecule has 0 bridgehead atoms. The molecule has 34 heavy (non-hydrogen) atoms. The summed E-state index contributed by atoms with van der Waals surface area (Å²) in [6.45, 7) is 8.27. The van der Waals surface area contributed by atoms with Crippen molar-refractivity contribution in [1.29, 1.82) is 0 Å². The lowest BCUT2D eigenvalue weighted by Crippen LogP contribution is -2.42. The van der Waals surface area contributed by atoms with Crippen LogP contribution in [-0.2, 0) is 14.3 Å². The van der Waals surface area contributed by atoms with Gasteiger partial charge < -0.3 is 19.9 Å². The lowest BCUT2D eigenvalue weighted by molar-refractivity contribution is -0.127. The first-order valence-electron chi connectivity index (χ1n) is 11.8. The summed E-state index contributed by atoms with van der Waals surface area (Å²) in [5.74, 6) is -0.140. The Balaban J connectivity index is 1.65. The van der Waals surface area contributed by atoms with Crippen molar-refractivity contribution in [1.82, 2.24) is 15.1 Å². The van der Waals surface area contributed by atoms with E-state index in [1.165, 1.54) is 11.8 Å². The van der Waals surface area contributed by atoms with E-state index in [-0.39, 0.29) is 24.3 Å². The van der Waals surface area contributed by atoms with Crippen LogP contribution in [0.5, 0.6) is 0 Å². The van der Waals surface area contributed by atoms with Gasteiger partial charge in [-0.15, -0.1) is 0 Å². The Morgan fingerprint density at radius 3 is 2.74 bits per heavy atom. The first kappa shape index (κ1) is 24.8. The third kappa shape index (κ3) is 5.04. The number of ether oxygens (including phenoxy) is 1. The standard InChI is InChI=1S/C25H31ClN4O3S/c1-4-29(5-2)24(32)22-16(3)28-25-30(23(22)19-10-6-7-11-20(19)26)17(15-34-25)13-21(31)27-14-18-9-8-12-33-18/h6-7,10-11,15,18,23H,4-5,8-9,12-14H2,1-3H3,(H,27,31)/t18-,23-/m1/s1. The van der Waals surface area contributed by atoms with E-state index in [1.807, 2.05) is 55.3 Å². The normalized spacial score (nSPS) is 21.8. The van der Waals surface area contributed by atoms with Gasteiger partial charge in [-0.1, -0.05) is 41.6 Å². The molecule has 4 rings (SSSR count). The second-order valence-electron chi connectivity index (χ2n) is 8.51. The molecular formula is C25H31ClN4O3S. The number of carbonyl (C=O) groups is 2. The SMILES string of the molecule is CCN(CC)C(=O)C1=C(C)N=C2SC=C(CC(=O)NC[C@H]3CCCO3)N2[C@@H]1c1ccccc1Cl. The fourth-order valence-corrected chi connectivity index (χ4v) is 5.78. The zero-order chi connectivity index (χ0) is 24.2. The van der Waals surface area contributed by atoms with E-state index in [1.54, 1.807) is 4.90 Å². The second kappa shape index (κ2) is 11.0. The molecule has 1 aromatic rings. The van der Waals surface area contributed by atoms with E-state index < -0.39 is 6.04 Å². The van der Waals surface area contributed by atoms with E-state index >= 15 is 0 Å². The number of halogens is 1. The molecule has 1 fully saturated rings. The number of amidine groups is 1. The van der Waals surface area contributed by atoms with Crippen LogP contribution in [0, 0.1) is 0 Å². The molecule has 0 unspecified atom stereocenters. The molecule has 0 spiro atoms. The molecule has 2 atom stereocenters. The van der Waals surface area contributed by atoms with Gasteiger partial charge in [-0.3, -0.25) is 9.59 Å². The maximum atomic E-state index is 13.6. The summed E-state index contributed by atoms with van der Waals surface area (Å²) in [5, 5.41) is 6.27. The molecule has 1 saturated heterocycles. The molecule has 7 nitrogen and oxygen atoms in total. The molecule has 3 aliphatic rings. The Morgan fingerprint density at radius 1 is 1.29 bits per heavy atom. The highest BCUT2D eigenvalue weighted by atomic mass is 35.5. The average Bonchev–Trinajstić information content (AvgIpc) is 3.48. The maximum Gasteiger partial charge on any atom is 0.254 e. The molecule has 0 radical (unpaired) electrons. The van der Waals surface area contributed by atoms with E-state index in [2.05, 4.69) is 5.32 Å². The topological polar surface area (TPSA) is 74.2 Å². The van der Waals surface area contributed by atoms with Crippen LogP contribution in [0.15, 0.2) is 51.6 Å². The number of aliphatic imine (C=N–C) groups is 1. The van der Waals surface area contributed by atoms with Crippen LogP contribution >= 0.6 is 23.4 Å². The molecule has 3 aliphatic heterocycles. The Kier molecular flexibility index (Phi) is 8.01. The smallest absolute Gasteiger partial charge is 0.254 e. The van der Waals surface area contributed by atoms with Gasteiger partial charge in [-0.25, -0.2) is 4.99 Å². The van der Waals surface area contributed by atoms with Crippen molar-refractivity contribution in [2.45, 2.75) is 52.2 Å². The number of hydrogen-bond acceptors (Lipinski definition) is 6. The number of benzene rings is 1. The zero-order valence-corrected chi connectivity index (χ0v) is 21.4. The van der Waals surface area contributed by atoms with Gasteiger partial charge in [0, 0.05) is 37.0 Å². The van der Waals surface area contributed by atoms with Crippen molar-refractivity contribution in [2.75, 3.05) is 26.2 Å². The Labute approximate surface area is 210 Å². The summed E-state index contributed by atoms with van der Waals surface area (Å²) in [6, 6.07) is 7.11. The van der Waals surface area contributed by atoms with Crippen LogP contribution in [0.25, 0.3) is 0 Å². The number of hydrogen-bond donors (Lipinski definition) is 1. The molecule has 0 aromatic heterocycles. The molecule has 2 amide bonds. The first-order chi connectivity index (χ1) is 16.4. The summed E-state index contributed by atoms with van der Waals surface area (Å²) in [4.78, 5) is 35.0. The van der Waals surface area contributed by atoms with E-state index in [0.717, 1.165) is 35.9 Å². The molecule has 1 N–H and O–H groups in total. The third-order valence-electron chi connectivity index (χ3n) is 6.37. The molecule has 182 valence electrons. The fraction of sp³-hybridized carbons (Fsp3) is 0.480. The van der Waals surface area contributed by atoms with Gasteiger partial charge in [-0.2, -0.15) is 0 Å². The van der Waals surface area contributed by atoms with Crippen molar-refractivity contribution >= 4 is 40.3 Å². The summed E-state index contributed by atoms with van der Waals surface area (Å²) < 4.78 is 5.62. The van der Waals surface area contributed by atoms with Crippen LogP contribution in [-0.4, -0.2) is 59.1 Å². The van der Waals surface area contributed by atoms with Gasteiger partial charge in [0.05, 0.1) is 29.8 Å². The number of carbonyl (C=O) groups excluding carboxylic acids is 2. The second-order valence-corrected chi connectivity index (χ2v) is 9.75. The molecule has 9 heteroatoms. The van der Waals surface area contributed by atoms with Crippen LogP contribution in [0.2, 0.25) is 5.02 Å². The van der Waals surface area contributed by atoms with Gasteiger partial charge in [0.2, 0.25) is 5.91 Å². The number of likely N-dealkylation sites (N-methyl/N-ethyl adjacent to an activating group) is 1. The van der Waals surface area contributed by atoms with Crippen LogP contribution < -0.4 is 5.32 Å². The largest absolute Gasteiger partial charge is 0.376 e. The van der Waals surface area contributed by atoms with Gasteiger partial charge in [0.1, 0.15) is 0 Å². The monoisotopic (exact) mass is 502 g/mol. The average molecular weight is 503 g/mol. The molecular weight excluding hydrogens is 472 g/mol. The van der Waals surface area contributed by atoms with Crippen LogP contribution in [0.4, 0.5) is 0 Å². The van der Waals surface area contributed by atoms with Crippen LogP contribution in [0.3, 0.4) is 0 Å². The molecule has 0 aliphatic carbocycles. The highest BCUT2D eigenvalue weighted by molar-refractivity contribution is 8.16. The number of thioether (sulfide) groups is 1. The lowest BCUT2D eigenvalue weighted by atomic mass is 9.92. The Bertz CT molecular complexity index is 1040. The summed E-state index contributed by atoms with van der Waals surface area (Å²) in [6.07, 6.45) is 2.27. The van der Waals surface area contributed by atoms with E-state index in [9.17, 15) is 9.59 Å². The number of rotatable bonds is 8. The zero-order valence-electron chi connectivity index (χ0n) is 19.8. The first-order valence-corrected chi connectivity index (χ1v) is 13.1. The van der Waals surface area contributed by atoms with Crippen molar-refractivity contribution in [3.05, 3.63) is 57.2 Å².